The topological polar surface area (TPSA) is 71.5 Å². The fraction of sp³-hybridized carbons (Fsp3) is 0.533. The summed E-state index contributed by atoms with van der Waals surface area (Å²) in [6, 6.07) is 8.90. The van der Waals surface area contributed by atoms with E-state index >= 15 is 0 Å². The molecular weight excluding hydrogens is 436 g/mol. The zero-order chi connectivity index (χ0) is 24.2. The van der Waals surface area contributed by atoms with Gasteiger partial charge in [0.15, 0.2) is 0 Å². The van der Waals surface area contributed by atoms with Crippen LogP contribution in [0.4, 0.5) is 4.79 Å². The Morgan fingerprint density at radius 2 is 2.06 bits per heavy atom. The average molecular weight is 473 g/mol. The first-order chi connectivity index (χ1) is 16.9. The maximum atomic E-state index is 12.3. The van der Waals surface area contributed by atoms with Gasteiger partial charge in [-0.05, 0) is 103 Å². The predicted molar refractivity (Wildman–Crippen MR) is 137 cm³/mol. The summed E-state index contributed by atoms with van der Waals surface area (Å²) >= 11 is 0. The lowest BCUT2D eigenvalue weighted by Gasteiger charge is -2.49. The fourth-order valence-electron chi connectivity index (χ4n) is 7.91. The number of rotatable bonds is 2. The summed E-state index contributed by atoms with van der Waals surface area (Å²) < 4.78 is 5.59. The molecule has 4 aliphatic rings. The van der Waals surface area contributed by atoms with Gasteiger partial charge in [0.1, 0.15) is 6.10 Å². The molecule has 5 nitrogen and oxygen atoms in total. The van der Waals surface area contributed by atoms with Crippen LogP contribution in [-0.2, 0) is 4.74 Å². The smallest absolute Gasteiger partial charge is 0.407 e. The highest BCUT2D eigenvalue weighted by molar-refractivity contribution is 5.82. The van der Waals surface area contributed by atoms with E-state index in [1.54, 1.807) is 7.05 Å². The summed E-state index contributed by atoms with van der Waals surface area (Å²) in [6.07, 6.45) is 15.7. The van der Waals surface area contributed by atoms with Crippen LogP contribution in [0.15, 0.2) is 60.0 Å². The summed E-state index contributed by atoms with van der Waals surface area (Å²) in [6.45, 7) is 2.41. The maximum Gasteiger partial charge on any atom is 0.407 e. The van der Waals surface area contributed by atoms with Crippen LogP contribution in [0.3, 0.4) is 0 Å². The molecule has 6 rings (SSSR count). The van der Waals surface area contributed by atoms with Crippen LogP contribution in [0, 0.1) is 17.3 Å². The summed E-state index contributed by atoms with van der Waals surface area (Å²) in [5.74, 6) is 1.06. The number of fused-ring (bicyclic) bond motifs is 5. The van der Waals surface area contributed by atoms with Crippen LogP contribution < -0.4 is 5.32 Å². The molecule has 2 N–H and O–H groups in total. The van der Waals surface area contributed by atoms with Crippen LogP contribution >= 0.6 is 0 Å². The first-order valence-electron chi connectivity index (χ1n) is 13.3. The lowest BCUT2D eigenvalue weighted by Crippen LogP contribution is -2.49. The minimum absolute atomic E-state index is 0.0347. The number of amides is 1. The Labute approximate surface area is 207 Å². The van der Waals surface area contributed by atoms with E-state index in [9.17, 15) is 9.90 Å². The van der Waals surface area contributed by atoms with Gasteiger partial charge >= 0.3 is 6.09 Å². The van der Waals surface area contributed by atoms with Gasteiger partial charge in [0.25, 0.3) is 0 Å². The van der Waals surface area contributed by atoms with E-state index in [0.29, 0.717) is 11.8 Å². The van der Waals surface area contributed by atoms with Gasteiger partial charge < -0.3 is 15.2 Å². The van der Waals surface area contributed by atoms with Crippen molar-refractivity contribution >= 4 is 16.9 Å². The number of hydrogen-bond acceptors (Lipinski definition) is 4. The van der Waals surface area contributed by atoms with Gasteiger partial charge in [-0.15, -0.1) is 0 Å². The SMILES string of the molecule is CNC(=O)OC1CCC2=CC3=CCC4(C)C(c5ccc6ccncc6c5)CCC4[C@@]3(O)CCC2C1. The van der Waals surface area contributed by atoms with Gasteiger partial charge in [-0.2, -0.15) is 0 Å². The molecule has 2 fully saturated rings. The molecule has 5 heteroatoms. The molecule has 1 aromatic carbocycles. The monoisotopic (exact) mass is 472 g/mol. The van der Waals surface area contributed by atoms with Crippen LogP contribution in [-0.4, -0.2) is 34.9 Å². The third-order valence-electron chi connectivity index (χ3n) is 9.76. The quantitative estimate of drug-likeness (QED) is 0.559. The number of nitrogens with one attached hydrogen (secondary N) is 1. The molecule has 1 amide bonds. The van der Waals surface area contributed by atoms with E-state index in [2.05, 4.69) is 53.6 Å². The highest BCUT2D eigenvalue weighted by atomic mass is 16.6. The Kier molecular flexibility index (Phi) is 5.52. The third-order valence-corrected chi connectivity index (χ3v) is 9.76. The molecular formula is C30H36N2O3. The van der Waals surface area contributed by atoms with E-state index in [1.165, 1.54) is 21.9 Å². The highest BCUT2D eigenvalue weighted by Gasteiger charge is 2.58. The lowest BCUT2D eigenvalue weighted by molar-refractivity contribution is -0.0480. The van der Waals surface area contributed by atoms with Crippen molar-refractivity contribution in [3.63, 3.8) is 0 Å². The van der Waals surface area contributed by atoms with E-state index < -0.39 is 5.60 Å². The minimum Gasteiger partial charge on any atom is -0.446 e. The van der Waals surface area contributed by atoms with Gasteiger partial charge in [0.2, 0.25) is 0 Å². The number of benzene rings is 1. The van der Waals surface area contributed by atoms with Crippen LogP contribution in [0.5, 0.6) is 0 Å². The number of aliphatic hydroxyl groups is 1. The van der Waals surface area contributed by atoms with Crippen molar-refractivity contribution in [1.82, 2.24) is 10.3 Å². The van der Waals surface area contributed by atoms with E-state index in [1.807, 2.05) is 12.4 Å². The van der Waals surface area contributed by atoms with Crippen molar-refractivity contribution in [2.45, 2.75) is 75.9 Å². The minimum atomic E-state index is -0.776. The number of hydrogen-bond donors (Lipinski definition) is 2. The standard InChI is InChI=1S/C30H36N2O3/c1-29-12-10-24-16-20-5-6-25(35-28(33)31-2)17-21(20)9-13-30(24,34)27(29)8-7-26(29)22-4-3-19-11-14-32-18-23(19)15-22/h3-4,10-11,14-16,18,21,25-27,34H,5-9,12-13,17H2,1-2H3,(H,31,33)/t21?,25?,26?,27?,29?,30-/m1/s1. The van der Waals surface area contributed by atoms with Gasteiger partial charge in [-0.3, -0.25) is 4.98 Å². The van der Waals surface area contributed by atoms with Crippen molar-refractivity contribution in [3.05, 3.63) is 65.5 Å². The Morgan fingerprint density at radius 3 is 2.91 bits per heavy atom. The molecule has 4 aliphatic carbocycles. The van der Waals surface area contributed by atoms with E-state index in [-0.39, 0.29) is 23.5 Å². The predicted octanol–water partition coefficient (Wildman–Crippen LogP) is 6.04. The molecule has 2 saturated carbocycles. The summed E-state index contributed by atoms with van der Waals surface area (Å²) in [5, 5.41) is 17.3. The molecule has 1 heterocycles. The molecule has 0 spiro atoms. The zero-order valence-corrected chi connectivity index (χ0v) is 20.8. The lowest BCUT2D eigenvalue weighted by atomic mass is 9.58. The Morgan fingerprint density at radius 1 is 1.17 bits per heavy atom. The molecule has 1 aromatic heterocycles. The molecule has 5 unspecified atom stereocenters. The van der Waals surface area contributed by atoms with E-state index in [4.69, 9.17) is 4.74 Å². The molecule has 0 aliphatic heterocycles. The first-order valence-corrected chi connectivity index (χ1v) is 13.3. The number of pyridine rings is 1. The molecule has 0 saturated heterocycles. The van der Waals surface area contributed by atoms with Gasteiger partial charge in [-0.25, -0.2) is 4.79 Å². The summed E-state index contributed by atoms with van der Waals surface area (Å²) in [5.41, 5.74) is 3.22. The maximum absolute atomic E-state index is 12.3. The second-order valence-corrected chi connectivity index (χ2v) is 11.5. The number of aromatic nitrogens is 1. The van der Waals surface area contributed by atoms with Gasteiger partial charge in [0.05, 0.1) is 5.60 Å². The Hall–Kier alpha value is -2.66. The molecule has 6 atom stereocenters. The highest BCUT2D eigenvalue weighted by Crippen LogP contribution is 2.64. The van der Waals surface area contributed by atoms with Crippen molar-refractivity contribution in [2.75, 3.05) is 7.05 Å². The summed E-state index contributed by atoms with van der Waals surface area (Å²) in [7, 11) is 1.61. The van der Waals surface area contributed by atoms with Crippen molar-refractivity contribution in [2.24, 2.45) is 17.3 Å². The van der Waals surface area contributed by atoms with Crippen LogP contribution in [0.1, 0.15) is 69.8 Å². The molecule has 184 valence electrons. The molecule has 0 radical (unpaired) electrons. The number of nitrogens with zero attached hydrogens (tertiary/aromatic N) is 1. The van der Waals surface area contributed by atoms with Crippen molar-refractivity contribution in [1.29, 1.82) is 0 Å². The van der Waals surface area contributed by atoms with Gasteiger partial charge in [-0.1, -0.05) is 36.8 Å². The average Bonchev–Trinajstić information content (AvgIpc) is 3.16. The van der Waals surface area contributed by atoms with Crippen LogP contribution in [0.2, 0.25) is 0 Å². The number of carbonyl (C=O) groups excluding carboxylic acids is 1. The molecule has 0 bridgehead atoms. The third kappa shape index (κ3) is 3.70. The summed E-state index contributed by atoms with van der Waals surface area (Å²) in [4.78, 5) is 16.1. The van der Waals surface area contributed by atoms with Crippen molar-refractivity contribution in [3.8, 4) is 0 Å². The molecule has 35 heavy (non-hydrogen) atoms. The number of carbonyl (C=O) groups is 1. The Bertz CT molecular complexity index is 1220. The number of alkyl carbamates (subject to hydrolysis) is 1. The van der Waals surface area contributed by atoms with Crippen LogP contribution in [0.25, 0.3) is 10.8 Å². The van der Waals surface area contributed by atoms with E-state index in [0.717, 1.165) is 56.9 Å². The Balaban J connectivity index is 1.27. The first kappa shape index (κ1) is 22.8. The fourth-order valence-corrected chi connectivity index (χ4v) is 7.91. The zero-order valence-electron chi connectivity index (χ0n) is 20.8. The number of ether oxygens (including phenoxy) is 1. The molecule has 2 aromatic rings. The normalized spacial score (nSPS) is 36.2. The number of allylic oxidation sites excluding steroid dienone is 2. The van der Waals surface area contributed by atoms with Gasteiger partial charge in [0, 0.05) is 24.8 Å². The second-order valence-electron chi connectivity index (χ2n) is 11.5. The largest absolute Gasteiger partial charge is 0.446 e. The van der Waals surface area contributed by atoms with Crippen molar-refractivity contribution < 1.29 is 14.6 Å². The second kappa shape index (κ2) is 8.48.